The van der Waals surface area contributed by atoms with Gasteiger partial charge in [-0.3, -0.25) is 4.98 Å². The van der Waals surface area contributed by atoms with Crippen LogP contribution >= 0.6 is 0 Å². The van der Waals surface area contributed by atoms with Gasteiger partial charge in [-0.2, -0.15) is 0 Å². The van der Waals surface area contributed by atoms with E-state index in [1.807, 2.05) is 12.4 Å². The summed E-state index contributed by atoms with van der Waals surface area (Å²) in [5.74, 6) is 1.55. The zero-order valence-electron chi connectivity index (χ0n) is 7.75. The Bertz CT molecular complexity index is 280. The molecule has 1 aromatic rings. The van der Waals surface area contributed by atoms with Crippen molar-refractivity contribution in [3.63, 3.8) is 0 Å². The lowest BCUT2D eigenvalue weighted by Gasteiger charge is -2.27. The predicted octanol–water partition coefficient (Wildman–Crippen LogP) is 2.77. The lowest BCUT2D eigenvalue weighted by Crippen LogP contribution is -2.15. The van der Waals surface area contributed by atoms with Crippen LogP contribution in [0.1, 0.15) is 37.3 Å². The van der Waals surface area contributed by atoms with E-state index < -0.39 is 0 Å². The van der Waals surface area contributed by atoms with Crippen LogP contribution in [-0.2, 0) is 6.42 Å². The Morgan fingerprint density at radius 3 is 3.08 bits per heavy atom. The van der Waals surface area contributed by atoms with E-state index in [-0.39, 0.29) is 0 Å². The first-order valence-corrected chi connectivity index (χ1v) is 4.72. The normalized spacial score (nSPS) is 28.2. The molecule has 0 saturated carbocycles. The molecule has 1 heteroatoms. The topological polar surface area (TPSA) is 12.9 Å². The van der Waals surface area contributed by atoms with Gasteiger partial charge in [0.15, 0.2) is 0 Å². The molecule has 64 valence electrons. The molecule has 1 aromatic heterocycles. The molecule has 0 N–H and O–H groups in total. The highest BCUT2D eigenvalue weighted by Crippen LogP contribution is 2.34. The summed E-state index contributed by atoms with van der Waals surface area (Å²) in [6, 6.07) is 2.18. The lowest BCUT2D eigenvalue weighted by atomic mass is 9.78. The molecule has 0 radical (unpaired) electrons. The van der Waals surface area contributed by atoms with Crippen molar-refractivity contribution in [1.82, 2.24) is 4.98 Å². The van der Waals surface area contributed by atoms with Gasteiger partial charge in [0.1, 0.15) is 0 Å². The second-order valence-electron chi connectivity index (χ2n) is 3.88. The minimum absolute atomic E-state index is 0.719. The molecular weight excluding hydrogens is 146 g/mol. The highest BCUT2D eigenvalue weighted by atomic mass is 14.6. The number of nitrogens with zero attached hydrogens (tertiary/aromatic N) is 1. The van der Waals surface area contributed by atoms with Gasteiger partial charge in [0.25, 0.3) is 0 Å². The number of rotatable bonds is 0. The molecule has 1 nitrogen and oxygen atoms in total. The molecule has 1 heterocycles. The smallest absolute Gasteiger partial charge is 0.0302 e. The quantitative estimate of drug-likeness (QED) is 0.570. The van der Waals surface area contributed by atoms with Gasteiger partial charge in [-0.15, -0.1) is 0 Å². The molecule has 0 fully saturated rings. The zero-order valence-corrected chi connectivity index (χ0v) is 7.75. The first-order chi connectivity index (χ1) is 5.79. The van der Waals surface area contributed by atoms with E-state index in [0.717, 1.165) is 11.8 Å². The summed E-state index contributed by atoms with van der Waals surface area (Å²) in [6.07, 6.45) is 6.47. The van der Waals surface area contributed by atoms with Gasteiger partial charge in [0.2, 0.25) is 0 Å². The minimum atomic E-state index is 0.719. The van der Waals surface area contributed by atoms with Gasteiger partial charge in [-0.05, 0) is 41.9 Å². The number of aryl methyl sites for hydroxylation is 1. The molecule has 1 aliphatic rings. The third-order valence-electron chi connectivity index (χ3n) is 3.15. The molecule has 1 aliphatic carbocycles. The highest BCUT2D eigenvalue weighted by Gasteiger charge is 2.21. The third kappa shape index (κ3) is 1.13. The number of hydrogen-bond acceptors (Lipinski definition) is 1. The maximum atomic E-state index is 4.16. The largest absolute Gasteiger partial charge is 0.264 e. The number of aromatic nitrogens is 1. The summed E-state index contributed by atoms with van der Waals surface area (Å²) in [6.45, 7) is 4.66. The fourth-order valence-electron chi connectivity index (χ4n) is 2.03. The van der Waals surface area contributed by atoms with Crippen molar-refractivity contribution in [1.29, 1.82) is 0 Å². The van der Waals surface area contributed by atoms with Crippen LogP contribution in [0.3, 0.4) is 0 Å². The Balaban J connectivity index is 2.42. The molecule has 2 atom stereocenters. The number of pyridine rings is 1. The third-order valence-corrected chi connectivity index (χ3v) is 3.15. The van der Waals surface area contributed by atoms with Crippen LogP contribution in [0.5, 0.6) is 0 Å². The van der Waals surface area contributed by atoms with Crippen LogP contribution in [0.4, 0.5) is 0 Å². The molecule has 2 rings (SSSR count). The van der Waals surface area contributed by atoms with E-state index in [1.54, 1.807) is 0 Å². The van der Waals surface area contributed by atoms with Gasteiger partial charge in [-0.1, -0.05) is 13.8 Å². The molecule has 0 unspecified atom stereocenters. The summed E-state index contributed by atoms with van der Waals surface area (Å²) in [4.78, 5) is 4.16. The number of fused-ring (bicyclic) bond motifs is 1. The van der Waals surface area contributed by atoms with E-state index in [4.69, 9.17) is 0 Å². The summed E-state index contributed by atoms with van der Waals surface area (Å²) < 4.78 is 0. The fraction of sp³-hybridized carbons (Fsp3) is 0.545. The van der Waals surface area contributed by atoms with Gasteiger partial charge in [0, 0.05) is 12.4 Å². The summed E-state index contributed by atoms with van der Waals surface area (Å²) in [5.41, 5.74) is 2.98. The number of hydrogen-bond donors (Lipinski definition) is 0. The molecule has 0 spiro atoms. The van der Waals surface area contributed by atoms with Gasteiger partial charge >= 0.3 is 0 Å². The molecule has 0 aliphatic heterocycles. The van der Waals surface area contributed by atoms with Crippen molar-refractivity contribution in [3.8, 4) is 0 Å². The van der Waals surface area contributed by atoms with Crippen LogP contribution in [0.2, 0.25) is 0 Å². The highest BCUT2D eigenvalue weighted by molar-refractivity contribution is 5.29. The van der Waals surface area contributed by atoms with Crippen LogP contribution in [0.25, 0.3) is 0 Å². The van der Waals surface area contributed by atoms with Crippen molar-refractivity contribution in [2.24, 2.45) is 5.92 Å². The zero-order chi connectivity index (χ0) is 8.55. The Kier molecular flexibility index (Phi) is 1.87. The summed E-state index contributed by atoms with van der Waals surface area (Å²) in [7, 11) is 0. The van der Waals surface area contributed by atoms with E-state index in [0.29, 0.717) is 0 Å². The van der Waals surface area contributed by atoms with Crippen LogP contribution in [0, 0.1) is 5.92 Å². The standard InChI is InChI=1S/C11H15N/c1-8-3-4-10-7-12-6-5-11(10)9(8)2/h5-9H,3-4H2,1-2H3/t8-,9-/m0/s1. The fourth-order valence-corrected chi connectivity index (χ4v) is 2.03. The monoisotopic (exact) mass is 161 g/mol. The van der Waals surface area contributed by atoms with Crippen LogP contribution in [-0.4, -0.2) is 4.98 Å². The van der Waals surface area contributed by atoms with E-state index in [1.165, 1.54) is 24.0 Å². The van der Waals surface area contributed by atoms with Crippen molar-refractivity contribution in [2.45, 2.75) is 32.6 Å². The van der Waals surface area contributed by atoms with Gasteiger partial charge in [-0.25, -0.2) is 0 Å². The van der Waals surface area contributed by atoms with Crippen molar-refractivity contribution >= 4 is 0 Å². The SMILES string of the molecule is C[C@@H]1c2ccncc2CC[C@@H]1C. The van der Waals surface area contributed by atoms with E-state index in [2.05, 4.69) is 24.9 Å². The Hall–Kier alpha value is -0.850. The van der Waals surface area contributed by atoms with Crippen molar-refractivity contribution in [3.05, 3.63) is 29.6 Å². The second kappa shape index (κ2) is 2.89. The van der Waals surface area contributed by atoms with Crippen LogP contribution in [0.15, 0.2) is 18.5 Å². The minimum Gasteiger partial charge on any atom is -0.264 e. The average Bonchev–Trinajstić information content (AvgIpc) is 2.12. The van der Waals surface area contributed by atoms with Gasteiger partial charge < -0.3 is 0 Å². The van der Waals surface area contributed by atoms with E-state index >= 15 is 0 Å². The summed E-state index contributed by atoms with van der Waals surface area (Å²) in [5, 5.41) is 0. The van der Waals surface area contributed by atoms with Gasteiger partial charge in [0.05, 0.1) is 0 Å². The lowest BCUT2D eigenvalue weighted by molar-refractivity contribution is 0.425. The average molecular weight is 161 g/mol. The molecule has 0 saturated heterocycles. The molecular formula is C11H15N. The second-order valence-corrected chi connectivity index (χ2v) is 3.88. The van der Waals surface area contributed by atoms with Crippen molar-refractivity contribution < 1.29 is 0 Å². The van der Waals surface area contributed by atoms with Crippen LogP contribution < -0.4 is 0 Å². The Morgan fingerprint density at radius 1 is 1.42 bits per heavy atom. The molecule has 0 bridgehead atoms. The maximum absolute atomic E-state index is 4.16. The first-order valence-electron chi connectivity index (χ1n) is 4.72. The van der Waals surface area contributed by atoms with Crippen molar-refractivity contribution in [2.75, 3.05) is 0 Å². The summed E-state index contributed by atoms with van der Waals surface area (Å²) >= 11 is 0. The Labute approximate surface area is 73.8 Å². The predicted molar refractivity (Wildman–Crippen MR) is 50.1 cm³/mol. The first kappa shape index (κ1) is 7.78. The Morgan fingerprint density at radius 2 is 2.25 bits per heavy atom. The molecule has 0 aromatic carbocycles. The van der Waals surface area contributed by atoms with E-state index in [9.17, 15) is 0 Å². The maximum Gasteiger partial charge on any atom is 0.0302 e. The molecule has 0 amide bonds. The molecule has 12 heavy (non-hydrogen) atoms.